The van der Waals surface area contributed by atoms with Crippen molar-refractivity contribution in [2.75, 3.05) is 13.1 Å². The average molecular weight is 332 g/mol. The van der Waals surface area contributed by atoms with Crippen LogP contribution in [-0.4, -0.2) is 23.0 Å². The largest absolute Gasteiger partial charge is 0.453 e. The van der Waals surface area contributed by atoms with E-state index in [1.807, 2.05) is 30.3 Å². The predicted octanol–water partition coefficient (Wildman–Crippen LogP) is 4.41. The van der Waals surface area contributed by atoms with Gasteiger partial charge in [0.25, 0.3) is 5.56 Å². The van der Waals surface area contributed by atoms with Gasteiger partial charge in [-0.05, 0) is 38.1 Å². The van der Waals surface area contributed by atoms with Crippen LogP contribution in [0.3, 0.4) is 0 Å². The second-order valence-electron chi connectivity index (χ2n) is 6.94. The molecule has 0 bridgehead atoms. The maximum atomic E-state index is 12.4. The zero-order valence-electron chi connectivity index (χ0n) is 14.0. The molecule has 4 aromatic rings. The van der Waals surface area contributed by atoms with Crippen molar-refractivity contribution in [1.29, 1.82) is 0 Å². The highest BCUT2D eigenvalue weighted by Gasteiger charge is 2.17. The normalized spacial score (nSPS) is 16.2. The van der Waals surface area contributed by atoms with Crippen LogP contribution >= 0.6 is 0 Å². The van der Waals surface area contributed by atoms with Gasteiger partial charge in [-0.3, -0.25) is 9.69 Å². The molecule has 4 heteroatoms. The van der Waals surface area contributed by atoms with Gasteiger partial charge in [-0.2, -0.15) is 0 Å². The summed E-state index contributed by atoms with van der Waals surface area (Å²) < 4.78 is 6.30. The van der Waals surface area contributed by atoms with Gasteiger partial charge >= 0.3 is 0 Å². The van der Waals surface area contributed by atoms with E-state index in [4.69, 9.17) is 4.42 Å². The van der Waals surface area contributed by atoms with Crippen LogP contribution in [-0.2, 0) is 6.54 Å². The van der Waals surface area contributed by atoms with E-state index in [2.05, 4.69) is 22.0 Å². The molecule has 5 rings (SSSR count). The summed E-state index contributed by atoms with van der Waals surface area (Å²) in [6, 6.07) is 13.9. The molecule has 1 aliphatic heterocycles. The minimum Gasteiger partial charge on any atom is -0.453 e. The number of hydrogen-bond donors (Lipinski definition) is 1. The Labute approximate surface area is 145 Å². The van der Waals surface area contributed by atoms with Crippen LogP contribution in [0.25, 0.3) is 32.8 Å². The van der Waals surface area contributed by atoms with Gasteiger partial charge in [0.1, 0.15) is 5.58 Å². The van der Waals surface area contributed by atoms with Crippen LogP contribution in [0.15, 0.2) is 51.7 Å². The van der Waals surface area contributed by atoms with E-state index >= 15 is 0 Å². The molecule has 3 heterocycles. The van der Waals surface area contributed by atoms with Crippen molar-refractivity contribution in [3.05, 3.63) is 58.4 Å². The molecule has 25 heavy (non-hydrogen) atoms. The van der Waals surface area contributed by atoms with Crippen LogP contribution in [0.5, 0.6) is 0 Å². The standard InChI is InChI=1S/C21H20N2O2/c24-21-16-9-3-2-8-15(16)20-18(22-21)17-10-6-7-14(19(17)25-20)13-23-11-4-1-5-12-23/h2-3,6-10H,1,4-5,11-13H2,(H,22,24). The molecular formula is C21H20N2O2. The molecule has 2 aromatic heterocycles. The molecule has 0 radical (unpaired) electrons. The van der Waals surface area contributed by atoms with Gasteiger partial charge < -0.3 is 9.40 Å². The van der Waals surface area contributed by atoms with E-state index in [1.165, 1.54) is 24.8 Å². The number of aromatic nitrogens is 1. The lowest BCUT2D eigenvalue weighted by atomic mass is 10.1. The van der Waals surface area contributed by atoms with Gasteiger partial charge in [0.05, 0.1) is 10.9 Å². The highest BCUT2D eigenvalue weighted by Crippen LogP contribution is 2.33. The SMILES string of the molecule is O=c1[nH]c2c3cccc(CN4CCCCC4)c3oc2c2ccccc12. The van der Waals surface area contributed by atoms with Crippen LogP contribution < -0.4 is 5.56 Å². The van der Waals surface area contributed by atoms with Crippen molar-refractivity contribution < 1.29 is 4.42 Å². The van der Waals surface area contributed by atoms with Gasteiger partial charge in [0.15, 0.2) is 5.58 Å². The third kappa shape index (κ3) is 2.36. The van der Waals surface area contributed by atoms with Crippen molar-refractivity contribution in [2.24, 2.45) is 0 Å². The molecule has 4 nitrogen and oxygen atoms in total. The van der Waals surface area contributed by atoms with Crippen LogP contribution in [0.2, 0.25) is 0 Å². The predicted molar refractivity (Wildman–Crippen MR) is 101 cm³/mol. The average Bonchev–Trinajstić information content (AvgIpc) is 3.03. The molecule has 0 atom stereocenters. The number of para-hydroxylation sites is 1. The van der Waals surface area contributed by atoms with Crippen molar-refractivity contribution in [3.63, 3.8) is 0 Å². The molecule has 0 unspecified atom stereocenters. The lowest BCUT2D eigenvalue weighted by Gasteiger charge is -2.26. The number of aromatic amines is 1. The third-order valence-electron chi connectivity index (χ3n) is 5.29. The van der Waals surface area contributed by atoms with E-state index in [0.29, 0.717) is 5.39 Å². The van der Waals surface area contributed by atoms with Gasteiger partial charge in [-0.25, -0.2) is 0 Å². The summed E-state index contributed by atoms with van der Waals surface area (Å²) in [4.78, 5) is 17.9. The summed E-state index contributed by atoms with van der Waals surface area (Å²) in [5.74, 6) is 0. The van der Waals surface area contributed by atoms with Crippen LogP contribution in [0.1, 0.15) is 24.8 Å². The maximum absolute atomic E-state index is 12.4. The highest BCUT2D eigenvalue weighted by atomic mass is 16.3. The zero-order valence-corrected chi connectivity index (χ0v) is 14.0. The molecular weight excluding hydrogens is 312 g/mol. The third-order valence-corrected chi connectivity index (χ3v) is 5.29. The Kier molecular flexibility index (Phi) is 3.38. The number of nitrogens with zero attached hydrogens (tertiary/aromatic N) is 1. The number of pyridine rings is 1. The van der Waals surface area contributed by atoms with Gasteiger partial charge in [0.2, 0.25) is 0 Å². The summed E-state index contributed by atoms with van der Waals surface area (Å²) in [7, 11) is 0. The summed E-state index contributed by atoms with van der Waals surface area (Å²) >= 11 is 0. The summed E-state index contributed by atoms with van der Waals surface area (Å²) in [6.07, 6.45) is 3.88. The highest BCUT2D eigenvalue weighted by molar-refractivity contribution is 6.12. The summed E-state index contributed by atoms with van der Waals surface area (Å²) in [5.41, 5.74) is 3.61. The maximum Gasteiger partial charge on any atom is 0.256 e. The zero-order chi connectivity index (χ0) is 16.8. The first kappa shape index (κ1) is 14.7. The van der Waals surface area contributed by atoms with E-state index in [0.717, 1.165) is 47.1 Å². The Balaban J connectivity index is 1.74. The first-order chi connectivity index (χ1) is 12.3. The molecule has 2 aromatic carbocycles. The first-order valence-electron chi connectivity index (χ1n) is 8.99. The lowest BCUT2D eigenvalue weighted by molar-refractivity contribution is 0.221. The number of fused-ring (bicyclic) bond motifs is 5. The van der Waals surface area contributed by atoms with E-state index in [-0.39, 0.29) is 5.56 Å². The molecule has 0 amide bonds. The van der Waals surface area contributed by atoms with Gasteiger partial charge in [-0.1, -0.05) is 36.8 Å². The van der Waals surface area contributed by atoms with Crippen molar-refractivity contribution in [2.45, 2.75) is 25.8 Å². The molecule has 1 fully saturated rings. The van der Waals surface area contributed by atoms with Crippen LogP contribution in [0, 0.1) is 0 Å². The summed E-state index contributed by atoms with van der Waals surface area (Å²) in [5, 5.41) is 2.54. The van der Waals surface area contributed by atoms with E-state index < -0.39 is 0 Å². The fourth-order valence-corrected chi connectivity index (χ4v) is 4.03. The van der Waals surface area contributed by atoms with E-state index in [9.17, 15) is 4.79 Å². The lowest BCUT2D eigenvalue weighted by Crippen LogP contribution is -2.29. The number of furan rings is 1. The molecule has 1 saturated heterocycles. The number of benzene rings is 2. The fraction of sp³-hybridized carbons (Fsp3) is 0.286. The Morgan fingerprint density at radius 3 is 2.48 bits per heavy atom. The quantitative estimate of drug-likeness (QED) is 0.591. The van der Waals surface area contributed by atoms with Crippen molar-refractivity contribution in [3.8, 4) is 0 Å². The van der Waals surface area contributed by atoms with Crippen LogP contribution in [0.4, 0.5) is 0 Å². The smallest absolute Gasteiger partial charge is 0.256 e. The van der Waals surface area contributed by atoms with Gasteiger partial charge in [0, 0.05) is 22.9 Å². The Morgan fingerprint density at radius 1 is 0.880 bits per heavy atom. The molecule has 1 aliphatic rings. The number of rotatable bonds is 2. The number of likely N-dealkylation sites (tertiary alicyclic amines) is 1. The second-order valence-corrected chi connectivity index (χ2v) is 6.94. The molecule has 0 spiro atoms. The minimum atomic E-state index is -0.0627. The molecule has 1 N–H and O–H groups in total. The van der Waals surface area contributed by atoms with Crippen molar-refractivity contribution >= 4 is 32.8 Å². The Morgan fingerprint density at radius 2 is 1.64 bits per heavy atom. The number of hydrogen-bond acceptors (Lipinski definition) is 3. The second kappa shape index (κ2) is 5.74. The number of piperidine rings is 1. The van der Waals surface area contributed by atoms with E-state index in [1.54, 1.807) is 0 Å². The topological polar surface area (TPSA) is 49.2 Å². The first-order valence-corrected chi connectivity index (χ1v) is 8.99. The fourth-order valence-electron chi connectivity index (χ4n) is 4.03. The molecule has 0 saturated carbocycles. The monoisotopic (exact) mass is 332 g/mol. The molecule has 0 aliphatic carbocycles. The molecule has 126 valence electrons. The Hall–Kier alpha value is -2.59. The number of nitrogens with one attached hydrogen (secondary N) is 1. The summed E-state index contributed by atoms with van der Waals surface area (Å²) in [6.45, 7) is 3.20. The minimum absolute atomic E-state index is 0.0627. The van der Waals surface area contributed by atoms with Gasteiger partial charge in [-0.15, -0.1) is 0 Å². The van der Waals surface area contributed by atoms with Crippen molar-refractivity contribution in [1.82, 2.24) is 9.88 Å². The number of H-pyrrole nitrogens is 1. The Bertz CT molecular complexity index is 1130.